The average Bonchev–Trinajstić information content (AvgIpc) is 3.00. The number of nitrogens with zero attached hydrogens (tertiary/aromatic N) is 1. The van der Waals surface area contributed by atoms with Gasteiger partial charge in [-0.25, -0.2) is 4.79 Å². The molecule has 1 heterocycles. The molecule has 1 saturated heterocycles. The van der Waals surface area contributed by atoms with E-state index < -0.39 is 17.7 Å². The highest BCUT2D eigenvalue weighted by Gasteiger charge is 2.51. The average molecular weight is 412 g/mol. The van der Waals surface area contributed by atoms with Gasteiger partial charge >= 0.3 is 6.03 Å². The quantitative estimate of drug-likeness (QED) is 0.586. The molecule has 0 aromatic heterocycles. The number of methoxy groups -OCH3 is 1. The summed E-state index contributed by atoms with van der Waals surface area (Å²) in [5.74, 6) is 0.418. The van der Waals surface area contributed by atoms with Crippen molar-refractivity contribution in [2.24, 2.45) is 0 Å². The lowest BCUT2D eigenvalue weighted by Crippen LogP contribution is -2.44. The van der Waals surface area contributed by atoms with Crippen LogP contribution in [-0.2, 0) is 21.7 Å². The van der Waals surface area contributed by atoms with Crippen molar-refractivity contribution in [3.05, 3.63) is 65.7 Å². The van der Waals surface area contributed by atoms with Crippen molar-refractivity contribution >= 4 is 11.9 Å². The zero-order valence-corrected chi connectivity index (χ0v) is 17.3. The van der Waals surface area contributed by atoms with Gasteiger partial charge in [-0.1, -0.05) is 55.8 Å². The van der Waals surface area contributed by atoms with E-state index in [0.717, 1.165) is 28.2 Å². The third kappa shape index (κ3) is 4.63. The van der Waals surface area contributed by atoms with E-state index in [-0.39, 0.29) is 19.1 Å². The van der Waals surface area contributed by atoms with Crippen LogP contribution >= 0.6 is 0 Å². The van der Waals surface area contributed by atoms with E-state index in [4.69, 9.17) is 9.47 Å². The maximum absolute atomic E-state index is 13.2. The largest absolute Gasteiger partial charge is 0.497 e. The number of imide groups is 1. The number of ether oxygens (including phenoxy) is 2. The first-order chi connectivity index (χ1) is 14.5. The summed E-state index contributed by atoms with van der Waals surface area (Å²) in [5.41, 5.74) is 0.596. The standard InChI is InChI=1S/C23H28N2O5/c1-3-13-23(18-7-5-4-6-8-18)21(27)25(22(28)24-23)14-19(26)16-30-15-17-9-11-20(29-2)12-10-17/h4-12,19,26H,3,13-16H2,1-2H3,(H,24,28)/t19-,23-/m0/s1. The molecule has 2 aromatic rings. The van der Waals surface area contributed by atoms with Gasteiger partial charge in [-0.05, 0) is 29.7 Å². The zero-order valence-electron chi connectivity index (χ0n) is 17.3. The Balaban J connectivity index is 1.60. The molecule has 0 saturated carbocycles. The van der Waals surface area contributed by atoms with Crippen molar-refractivity contribution in [1.82, 2.24) is 10.2 Å². The predicted molar refractivity (Wildman–Crippen MR) is 112 cm³/mol. The summed E-state index contributed by atoms with van der Waals surface area (Å²) in [4.78, 5) is 26.9. The molecular weight excluding hydrogens is 384 g/mol. The zero-order chi connectivity index (χ0) is 21.6. The molecule has 160 valence electrons. The molecule has 3 amide bonds. The van der Waals surface area contributed by atoms with E-state index in [9.17, 15) is 14.7 Å². The highest BCUT2D eigenvalue weighted by molar-refractivity contribution is 6.07. The van der Waals surface area contributed by atoms with Crippen molar-refractivity contribution in [1.29, 1.82) is 0 Å². The van der Waals surface area contributed by atoms with Gasteiger partial charge in [0.2, 0.25) is 0 Å². The molecule has 2 N–H and O–H groups in total. The molecule has 0 unspecified atom stereocenters. The molecule has 0 bridgehead atoms. The summed E-state index contributed by atoms with van der Waals surface area (Å²) in [6, 6.07) is 16.2. The van der Waals surface area contributed by atoms with E-state index in [1.165, 1.54) is 0 Å². The summed E-state index contributed by atoms with van der Waals surface area (Å²) in [5, 5.41) is 13.2. The number of aliphatic hydroxyl groups is 1. The second-order valence-corrected chi connectivity index (χ2v) is 7.38. The van der Waals surface area contributed by atoms with Crippen LogP contribution in [0, 0.1) is 0 Å². The summed E-state index contributed by atoms with van der Waals surface area (Å²) in [6.07, 6.45) is 0.232. The molecule has 3 rings (SSSR count). The number of aliphatic hydroxyl groups excluding tert-OH is 1. The van der Waals surface area contributed by atoms with Crippen LogP contribution in [-0.4, -0.2) is 48.3 Å². The van der Waals surface area contributed by atoms with E-state index in [1.807, 2.05) is 61.5 Å². The van der Waals surface area contributed by atoms with Crippen LogP contribution in [0.2, 0.25) is 0 Å². The van der Waals surface area contributed by atoms with E-state index in [0.29, 0.717) is 13.0 Å². The number of carbonyl (C=O) groups is 2. The van der Waals surface area contributed by atoms with Gasteiger partial charge in [-0.3, -0.25) is 9.69 Å². The number of urea groups is 1. The molecule has 2 aromatic carbocycles. The van der Waals surface area contributed by atoms with Gasteiger partial charge in [0.1, 0.15) is 11.3 Å². The minimum Gasteiger partial charge on any atom is -0.497 e. The Morgan fingerprint density at radius 2 is 1.80 bits per heavy atom. The number of nitrogens with one attached hydrogen (secondary N) is 1. The monoisotopic (exact) mass is 412 g/mol. The van der Waals surface area contributed by atoms with Gasteiger partial charge < -0.3 is 19.9 Å². The molecule has 7 nitrogen and oxygen atoms in total. The van der Waals surface area contributed by atoms with Crippen molar-refractivity contribution in [3.8, 4) is 5.75 Å². The Bertz CT molecular complexity index is 856. The number of hydrogen-bond acceptors (Lipinski definition) is 5. The second-order valence-electron chi connectivity index (χ2n) is 7.38. The van der Waals surface area contributed by atoms with Gasteiger partial charge in [0.05, 0.1) is 33.0 Å². The van der Waals surface area contributed by atoms with E-state index in [1.54, 1.807) is 7.11 Å². The molecular formula is C23H28N2O5. The maximum atomic E-state index is 13.2. The van der Waals surface area contributed by atoms with Crippen LogP contribution in [0.5, 0.6) is 5.75 Å². The van der Waals surface area contributed by atoms with Crippen molar-refractivity contribution in [3.63, 3.8) is 0 Å². The van der Waals surface area contributed by atoms with Crippen LogP contribution in [0.3, 0.4) is 0 Å². The number of benzene rings is 2. The summed E-state index contributed by atoms with van der Waals surface area (Å²) >= 11 is 0. The molecule has 0 spiro atoms. The fraction of sp³-hybridized carbons (Fsp3) is 0.391. The number of amides is 3. The smallest absolute Gasteiger partial charge is 0.325 e. The van der Waals surface area contributed by atoms with Crippen LogP contribution in [0.15, 0.2) is 54.6 Å². The molecule has 2 atom stereocenters. The Morgan fingerprint density at radius 3 is 2.43 bits per heavy atom. The van der Waals surface area contributed by atoms with Gasteiger partial charge in [-0.2, -0.15) is 0 Å². The second kappa shape index (κ2) is 9.73. The lowest BCUT2D eigenvalue weighted by Gasteiger charge is -2.27. The SMILES string of the molecule is CCC[C@@]1(c2ccccc2)NC(=O)N(C[C@H](O)COCc2ccc(OC)cc2)C1=O. The van der Waals surface area contributed by atoms with Gasteiger partial charge in [0.15, 0.2) is 0 Å². The Kier molecular flexibility index (Phi) is 7.07. The molecule has 0 radical (unpaired) electrons. The first-order valence-electron chi connectivity index (χ1n) is 10.1. The fourth-order valence-corrected chi connectivity index (χ4v) is 3.70. The summed E-state index contributed by atoms with van der Waals surface area (Å²) in [6.45, 7) is 2.17. The van der Waals surface area contributed by atoms with Gasteiger partial charge in [-0.15, -0.1) is 0 Å². The summed E-state index contributed by atoms with van der Waals surface area (Å²) in [7, 11) is 1.60. The number of rotatable bonds is 10. The first kappa shape index (κ1) is 21.8. The number of carbonyl (C=O) groups excluding carboxylic acids is 2. The minimum absolute atomic E-state index is 0.00913. The van der Waals surface area contributed by atoms with E-state index >= 15 is 0 Å². The van der Waals surface area contributed by atoms with Crippen LogP contribution in [0.25, 0.3) is 0 Å². The molecule has 1 aliphatic rings. The highest BCUT2D eigenvalue weighted by atomic mass is 16.5. The number of β-amino-alcohol motifs (C(OH)–C–C–N with tert-alkyl or cyclic N) is 1. The lowest BCUT2D eigenvalue weighted by atomic mass is 9.85. The molecule has 7 heteroatoms. The van der Waals surface area contributed by atoms with Gasteiger partial charge in [0, 0.05) is 0 Å². The molecule has 1 fully saturated rings. The third-order valence-electron chi connectivity index (χ3n) is 5.20. The normalized spacial score (nSPS) is 19.6. The Hall–Kier alpha value is -2.90. The predicted octanol–water partition coefficient (Wildman–Crippen LogP) is 2.82. The van der Waals surface area contributed by atoms with E-state index in [2.05, 4.69) is 5.32 Å². The van der Waals surface area contributed by atoms with Crippen LogP contribution in [0.1, 0.15) is 30.9 Å². The van der Waals surface area contributed by atoms with Gasteiger partial charge in [0.25, 0.3) is 5.91 Å². The molecule has 0 aliphatic carbocycles. The maximum Gasteiger partial charge on any atom is 0.325 e. The minimum atomic E-state index is -1.09. The summed E-state index contributed by atoms with van der Waals surface area (Å²) < 4.78 is 10.7. The van der Waals surface area contributed by atoms with Crippen molar-refractivity contribution in [2.75, 3.05) is 20.3 Å². The third-order valence-corrected chi connectivity index (χ3v) is 5.20. The molecule has 30 heavy (non-hydrogen) atoms. The Morgan fingerprint density at radius 1 is 1.10 bits per heavy atom. The fourth-order valence-electron chi connectivity index (χ4n) is 3.70. The number of hydrogen-bond donors (Lipinski definition) is 2. The lowest BCUT2D eigenvalue weighted by molar-refractivity contribution is -0.133. The van der Waals surface area contributed by atoms with Crippen LogP contribution in [0.4, 0.5) is 4.79 Å². The Labute approximate surface area is 176 Å². The van der Waals surface area contributed by atoms with Crippen LogP contribution < -0.4 is 10.1 Å². The van der Waals surface area contributed by atoms with Crippen molar-refractivity contribution < 1.29 is 24.2 Å². The highest BCUT2D eigenvalue weighted by Crippen LogP contribution is 2.33. The topological polar surface area (TPSA) is 88.1 Å². The molecule has 1 aliphatic heterocycles. The van der Waals surface area contributed by atoms with Crippen molar-refractivity contribution in [2.45, 2.75) is 38.0 Å². The first-order valence-corrected chi connectivity index (χ1v) is 10.1.